The summed E-state index contributed by atoms with van der Waals surface area (Å²) in [6.45, 7) is 1.66. The van der Waals surface area contributed by atoms with Crippen LogP contribution in [0, 0.1) is 0 Å². The van der Waals surface area contributed by atoms with Crippen LogP contribution < -0.4 is 15.5 Å². The fourth-order valence-electron chi connectivity index (χ4n) is 5.03. The Bertz CT molecular complexity index is 1220. The van der Waals surface area contributed by atoms with Crippen molar-refractivity contribution in [3.05, 3.63) is 35.6 Å². The molecule has 2 aliphatic heterocycles. The molecule has 0 bridgehead atoms. The van der Waals surface area contributed by atoms with Crippen molar-refractivity contribution in [2.24, 2.45) is 0 Å². The predicted molar refractivity (Wildman–Crippen MR) is 136 cm³/mol. The zero-order valence-electron chi connectivity index (χ0n) is 20.5. The van der Waals surface area contributed by atoms with Gasteiger partial charge in [0.25, 0.3) is 0 Å². The molecule has 2 N–H and O–H groups in total. The number of aromatic nitrogens is 4. The molecule has 2 aromatic rings. The highest BCUT2D eigenvalue weighted by molar-refractivity contribution is 7.85. The first kappa shape index (κ1) is 23.3. The smallest absolute Gasteiger partial charge is 0.406 e. The number of ether oxygens (including phenoxy) is 1. The van der Waals surface area contributed by atoms with Crippen molar-refractivity contribution < 1.29 is 13.7 Å². The van der Waals surface area contributed by atoms with E-state index in [4.69, 9.17) is 14.7 Å². The van der Waals surface area contributed by atoms with Crippen molar-refractivity contribution in [1.82, 2.24) is 25.3 Å². The molecule has 4 aliphatic rings. The summed E-state index contributed by atoms with van der Waals surface area (Å²) in [6, 6.07) is 0. The maximum atomic E-state index is 12.8. The van der Waals surface area contributed by atoms with Crippen LogP contribution in [-0.2, 0) is 22.0 Å². The van der Waals surface area contributed by atoms with Gasteiger partial charge in [0.15, 0.2) is 5.82 Å². The van der Waals surface area contributed by atoms with Gasteiger partial charge in [0, 0.05) is 44.7 Å². The molecule has 10 nitrogen and oxygen atoms in total. The van der Waals surface area contributed by atoms with Crippen molar-refractivity contribution in [3.63, 3.8) is 0 Å². The third-order valence-electron chi connectivity index (χ3n) is 7.55. The summed E-state index contributed by atoms with van der Waals surface area (Å²) in [7, 11) is 0.410. The summed E-state index contributed by atoms with van der Waals surface area (Å²) in [5.74, 6) is 3.26. The minimum atomic E-state index is -1.14. The van der Waals surface area contributed by atoms with Crippen LogP contribution in [0.5, 0.6) is 0 Å². The lowest BCUT2D eigenvalue weighted by atomic mass is 9.77. The number of hydrogen-bond donors (Lipinski definition) is 2. The highest BCUT2D eigenvalue weighted by Gasteiger charge is 2.41. The summed E-state index contributed by atoms with van der Waals surface area (Å²) >= 11 is 0. The quantitative estimate of drug-likeness (QED) is 0.580. The van der Waals surface area contributed by atoms with E-state index in [-0.39, 0.29) is 6.61 Å². The van der Waals surface area contributed by atoms with Crippen LogP contribution >= 0.6 is 0 Å². The number of amides is 1. The van der Waals surface area contributed by atoms with Crippen LogP contribution in [0.4, 0.5) is 16.6 Å². The predicted octanol–water partition coefficient (Wildman–Crippen LogP) is 2.79. The van der Waals surface area contributed by atoms with Crippen molar-refractivity contribution in [1.29, 1.82) is 0 Å². The third kappa shape index (κ3) is 4.56. The fourth-order valence-corrected chi connectivity index (χ4v) is 6.34. The summed E-state index contributed by atoms with van der Waals surface area (Å²) < 4.78 is 18.2. The van der Waals surface area contributed by atoms with E-state index in [0.29, 0.717) is 41.3 Å². The second-order valence-corrected chi connectivity index (χ2v) is 11.6. The summed E-state index contributed by atoms with van der Waals surface area (Å²) in [4.78, 5) is 33.4. The van der Waals surface area contributed by atoms with Gasteiger partial charge in [-0.2, -0.15) is 4.98 Å². The molecule has 0 saturated heterocycles. The van der Waals surface area contributed by atoms with Crippen LogP contribution in [0.15, 0.2) is 23.4 Å². The largest absolute Gasteiger partial charge is 0.447 e. The Morgan fingerprint density at radius 3 is 2.67 bits per heavy atom. The molecule has 1 unspecified atom stereocenters. The SMILES string of the molecule is CNC(=O)OCC1(Nc2nc(N3CC=C(c4ncc(C5CC5)cn4)CC3)nc3c2S(=O)CC3)CCC1. The minimum Gasteiger partial charge on any atom is -0.447 e. The number of carbonyl (C=O) groups excluding carboxylic acids is 1. The molecule has 1 amide bonds. The second-order valence-electron chi connectivity index (χ2n) is 10.1. The maximum absolute atomic E-state index is 12.8. The highest BCUT2D eigenvalue weighted by atomic mass is 32.2. The monoisotopic (exact) mass is 509 g/mol. The van der Waals surface area contributed by atoms with E-state index in [1.807, 2.05) is 12.4 Å². The average molecular weight is 510 g/mol. The van der Waals surface area contributed by atoms with Gasteiger partial charge >= 0.3 is 6.09 Å². The Morgan fingerprint density at radius 1 is 1.22 bits per heavy atom. The molecule has 0 spiro atoms. The number of nitrogens with zero attached hydrogens (tertiary/aromatic N) is 5. The number of anilines is 2. The molecule has 0 radical (unpaired) electrons. The minimum absolute atomic E-state index is 0.239. The first-order chi connectivity index (χ1) is 17.5. The molecule has 6 rings (SSSR count). The van der Waals surface area contributed by atoms with E-state index >= 15 is 0 Å². The lowest BCUT2D eigenvalue weighted by Gasteiger charge is -2.42. The normalized spacial score (nSPS) is 22.3. The van der Waals surface area contributed by atoms with Gasteiger partial charge in [0.1, 0.15) is 17.3 Å². The Kier molecular flexibility index (Phi) is 6.10. The zero-order chi connectivity index (χ0) is 24.7. The molecule has 0 aromatic carbocycles. The Labute approximate surface area is 212 Å². The number of nitrogens with one attached hydrogen (secondary N) is 2. The van der Waals surface area contributed by atoms with Crippen molar-refractivity contribution in [2.45, 2.75) is 61.3 Å². The first-order valence-corrected chi connectivity index (χ1v) is 14.0. The molecule has 36 heavy (non-hydrogen) atoms. The van der Waals surface area contributed by atoms with Crippen molar-refractivity contribution >= 4 is 34.2 Å². The second kappa shape index (κ2) is 9.42. The number of rotatable bonds is 7. The lowest BCUT2D eigenvalue weighted by Crippen LogP contribution is -2.50. The number of hydrogen-bond acceptors (Lipinski definition) is 9. The van der Waals surface area contributed by atoms with Crippen LogP contribution in [0.3, 0.4) is 0 Å². The molecular weight excluding hydrogens is 478 g/mol. The Balaban J connectivity index is 1.21. The maximum Gasteiger partial charge on any atom is 0.406 e. The highest BCUT2D eigenvalue weighted by Crippen LogP contribution is 2.40. The number of alkyl carbamates (subject to hydrolysis) is 1. The molecule has 190 valence electrons. The zero-order valence-corrected chi connectivity index (χ0v) is 21.3. The van der Waals surface area contributed by atoms with E-state index in [9.17, 15) is 9.00 Å². The van der Waals surface area contributed by atoms with Gasteiger partial charge in [-0.1, -0.05) is 6.08 Å². The number of aryl methyl sites for hydroxylation is 1. The van der Waals surface area contributed by atoms with E-state index in [0.717, 1.165) is 49.3 Å². The van der Waals surface area contributed by atoms with Crippen LogP contribution in [-0.4, -0.2) is 68.3 Å². The molecular formula is C25H31N7O3S. The lowest BCUT2D eigenvalue weighted by molar-refractivity contribution is 0.0959. The molecule has 2 saturated carbocycles. The van der Waals surface area contributed by atoms with E-state index in [1.165, 1.54) is 18.4 Å². The molecule has 2 aromatic heterocycles. The van der Waals surface area contributed by atoms with E-state index in [1.54, 1.807) is 7.05 Å². The molecule has 2 fully saturated rings. The van der Waals surface area contributed by atoms with Gasteiger partial charge in [-0.25, -0.2) is 19.7 Å². The van der Waals surface area contributed by atoms with Crippen molar-refractivity contribution in [3.8, 4) is 0 Å². The van der Waals surface area contributed by atoms with E-state index in [2.05, 4.69) is 31.6 Å². The summed E-state index contributed by atoms with van der Waals surface area (Å²) in [5, 5.41) is 6.02. The summed E-state index contributed by atoms with van der Waals surface area (Å²) in [5.41, 5.74) is 2.84. The van der Waals surface area contributed by atoms with Gasteiger partial charge in [0.05, 0.1) is 22.0 Å². The Morgan fingerprint density at radius 2 is 2.03 bits per heavy atom. The topological polar surface area (TPSA) is 122 Å². The van der Waals surface area contributed by atoms with Crippen LogP contribution in [0.25, 0.3) is 5.57 Å². The average Bonchev–Trinajstić information content (AvgIpc) is 3.68. The van der Waals surface area contributed by atoms with E-state index < -0.39 is 22.4 Å². The van der Waals surface area contributed by atoms with Gasteiger partial charge < -0.3 is 20.3 Å². The van der Waals surface area contributed by atoms with Crippen LogP contribution in [0.1, 0.15) is 61.5 Å². The third-order valence-corrected chi connectivity index (χ3v) is 9.01. The van der Waals surface area contributed by atoms with Crippen molar-refractivity contribution in [2.75, 3.05) is 42.7 Å². The van der Waals surface area contributed by atoms with Crippen LogP contribution in [0.2, 0.25) is 0 Å². The van der Waals surface area contributed by atoms with Gasteiger partial charge in [-0.3, -0.25) is 4.21 Å². The van der Waals surface area contributed by atoms with Gasteiger partial charge in [-0.05, 0) is 55.6 Å². The number of fused-ring (bicyclic) bond motifs is 1. The number of carbonyl (C=O) groups is 1. The summed E-state index contributed by atoms with van der Waals surface area (Å²) in [6.07, 6.45) is 12.4. The van der Waals surface area contributed by atoms with Gasteiger partial charge in [0.2, 0.25) is 5.95 Å². The molecule has 1 atom stereocenters. The fraction of sp³-hybridized carbons (Fsp3) is 0.560. The first-order valence-electron chi connectivity index (χ1n) is 12.7. The molecule has 4 heterocycles. The molecule has 11 heteroatoms. The molecule has 2 aliphatic carbocycles. The van der Waals surface area contributed by atoms with Gasteiger partial charge in [-0.15, -0.1) is 0 Å². The Hall–Kier alpha value is -3.08. The standard InChI is InChI=1S/C25H31N7O3S/c1-26-24(33)35-15-25(8-2-9-25)31-22-20-19(7-12-36(20)34)29-23(30-22)32-10-5-17(6-11-32)21-27-13-18(14-28-21)16-3-4-16/h5,13-14,16H,2-4,6-12,15H2,1H3,(H,26,33)(H,29,30,31).